The molecule has 1 amide bonds. The molecule has 3 atom stereocenters. The van der Waals surface area contributed by atoms with Gasteiger partial charge in [-0.1, -0.05) is 62.4 Å². The number of ether oxygens (including phenoxy) is 3. The minimum Gasteiger partial charge on any atom is -0.444 e. The second kappa shape index (κ2) is 21.7. The summed E-state index contributed by atoms with van der Waals surface area (Å²) in [5.41, 5.74) is 1.30. The fraction of sp³-hybridized carbons (Fsp3) is 0.735. The molecule has 1 N–H and O–H groups in total. The van der Waals surface area contributed by atoms with Crippen LogP contribution in [0, 0.1) is 27.9 Å². The van der Waals surface area contributed by atoms with E-state index in [0.29, 0.717) is 38.6 Å². The molecule has 1 saturated carbocycles. The van der Waals surface area contributed by atoms with Crippen LogP contribution >= 0.6 is 23.2 Å². The van der Waals surface area contributed by atoms with Crippen molar-refractivity contribution in [3.8, 4) is 0 Å². The quantitative estimate of drug-likeness (QED) is 0.0862. The van der Waals surface area contributed by atoms with E-state index in [9.17, 15) is 14.9 Å². The molecule has 0 aromatic heterocycles. The van der Waals surface area contributed by atoms with Crippen LogP contribution < -0.4 is 5.32 Å². The topological polar surface area (TPSA) is 103 Å². The number of methoxy groups -OCH3 is 1. The molecule has 0 spiro atoms. The van der Waals surface area contributed by atoms with Crippen LogP contribution in [0.2, 0.25) is 0 Å². The maximum absolute atomic E-state index is 12.5. The van der Waals surface area contributed by atoms with Gasteiger partial charge in [0.1, 0.15) is 5.60 Å². The molecule has 1 heterocycles. The smallest absolute Gasteiger partial charge is 0.407 e. The zero-order valence-electron chi connectivity index (χ0n) is 27.7. The van der Waals surface area contributed by atoms with Crippen LogP contribution in [0.5, 0.6) is 0 Å². The van der Waals surface area contributed by atoms with E-state index in [1.54, 1.807) is 7.11 Å². The van der Waals surface area contributed by atoms with Crippen molar-refractivity contribution in [2.75, 3.05) is 45.3 Å². The summed E-state index contributed by atoms with van der Waals surface area (Å²) < 4.78 is 17.1. The van der Waals surface area contributed by atoms with E-state index in [4.69, 9.17) is 37.4 Å². The molecule has 1 aliphatic heterocycles. The second-order valence-electron chi connectivity index (χ2n) is 13.1. The average Bonchev–Trinajstić information content (AvgIpc) is 3.00. The number of carbonyl (C=O) groups is 1. The monoisotopic (exact) mass is 671 g/mol. The molecule has 1 saturated heterocycles. The first-order chi connectivity index (χ1) is 21.6. The molecule has 9 nitrogen and oxygen atoms in total. The van der Waals surface area contributed by atoms with Gasteiger partial charge in [-0.15, -0.1) is 23.2 Å². The lowest BCUT2D eigenvalue weighted by atomic mass is 9.81. The molecule has 2 aliphatic rings. The summed E-state index contributed by atoms with van der Waals surface area (Å²) in [6, 6.07) is 10.3. The lowest BCUT2D eigenvalue weighted by Crippen LogP contribution is -2.40. The molecule has 3 rings (SSSR count). The first-order valence-corrected chi connectivity index (χ1v) is 17.5. The molecule has 0 bridgehead atoms. The minimum absolute atomic E-state index is 0.0856. The SMILES string of the molecule is COCCCOC(c1ccccc1)C1CCCN(/C(=C/[N+](=O)[O-])C[C@H](CNC(=O)OC(C)(C)C)CC2CCCCC2)C1.ClCCl. The summed E-state index contributed by atoms with van der Waals surface area (Å²) in [5, 5.41) is 15.0. The number of likely N-dealkylation sites (tertiary alicyclic amines) is 1. The number of piperidine rings is 1. The zero-order chi connectivity index (χ0) is 33.1. The number of halogens is 2. The highest BCUT2D eigenvalue weighted by atomic mass is 35.5. The molecular formula is C34H55Cl2N3O6. The lowest BCUT2D eigenvalue weighted by molar-refractivity contribution is -0.404. The number of rotatable bonds is 15. The van der Waals surface area contributed by atoms with Crippen molar-refractivity contribution in [1.82, 2.24) is 10.2 Å². The summed E-state index contributed by atoms with van der Waals surface area (Å²) in [6.45, 7) is 8.70. The third-order valence-corrected chi connectivity index (χ3v) is 8.29. The van der Waals surface area contributed by atoms with Gasteiger partial charge in [-0.2, -0.15) is 0 Å². The third kappa shape index (κ3) is 16.4. The van der Waals surface area contributed by atoms with E-state index < -0.39 is 11.7 Å². The molecule has 1 aromatic rings. The number of alkyl halides is 2. The summed E-state index contributed by atoms with van der Waals surface area (Å²) in [5.74, 6) is 0.871. The van der Waals surface area contributed by atoms with E-state index in [0.717, 1.165) is 43.5 Å². The van der Waals surface area contributed by atoms with Crippen LogP contribution in [-0.2, 0) is 14.2 Å². The van der Waals surface area contributed by atoms with E-state index in [1.165, 1.54) is 38.3 Å². The largest absolute Gasteiger partial charge is 0.444 e. The Labute approximate surface area is 280 Å². The zero-order valence-corrected chi connectivity index (χ0v) is 29.2. The van der Waals surface area contributed by atoms with Crippen molar-refractivity contribution in [2.45, 2.75) is 96.7 Å². The van der Waals surface area contributed by atoms with Gasteiger partial charge >= 0.3 is 6.09 Å². The van der Waals surface area contributed by atoms with E-state index >= 15 is 0 Å². The van der Waals surface area contributed by atoms with E-state index in [1.807, 2.05) is 39.0 Å². The van der Waals surface area contributed by atoms with Crippen molar-refractivity contribution in [2.24, 2.45) is 17.8 Å². The van der Waals surface area contributed by atoms with Gasteiger partial charge < -0.3 is 24.4 Å². The van der Waals surface area contributed by atoms with Crippen molar-refractivity contribution >= 4 is 29.3 Å². The number of amides is 1. The Morgan fingerprint density at radius 1 is 1.11 bits per heavy atom. The van der Waals surface area contributed by atoms with Crippen LogP contribution in [0.4, 0.5) is 4.79 Å². The summed E-state index contributed by atoms with van der Waals surface area (Å²) >= 11 is 9.53. The van der Waals surface area contributed by atoms with Gasteiger partial charge in [0.15, 0.2) is 0 Å². The maximum atomic E-state index is 12.5. The van der Waals surface area contributed by atoms with Crippen molar-refractivity contribution in [1.29, 1.82) is 0 Å². The van der Waals surface area contributed by atoms with E-state index in [-0.39, 0.29) is 28.2 Å². The Hall–Kier alpha value is -2.07. The van der Waals surface area contributed by atoms with Crippen molar-refractivity contribution in [3.05, 3.63) is 57.9 Å². The van der Waals surface area contributed by atoms with Gasteiger partial charge in [0.25, 0.3) is 6.20 Å². The summed E-state index contributed by atoms with van der Waals surface area (Å²) in [4.78, 5) is 26.3. The van der Waals surface area contributed by atoms with Gasteiger partial charge in [-0.25, -0.2) is 4.79 Å². The van der Waals surface area contributed by atoms with Crippen LogP contribution in [0.1, 0.15) is 96.6 Å². The number of benzene rings is 1. The second-order valence-corrected chi connectivity index (χ2v) is 13.9. The Kier molecular flexibility index (Phi) is 18.8. The standard InChI is InChI=1S/C33H53N3O6.CH2Cl2/c1-33(2,3)42-32(37)34-23-27(21-26-13-7-5-8-14-26)22-30(25-36(38)39)35-18-11-17-29(24-35)31(41-20-12-19-40-4)28-15-9-6-10-16-28;2-1-3/h6,9-10,15-16,25-27,29,31H,5,7-8,11-14,17-24H2,1-4H3,(H,34,37);1H2/b30-25+;/t27-,29?,31?;/m1./s1. The number of allylic oxidation sites excluding steroid dienone is 1. The molecule has 0 radical (unpaired) electrons. The lowest BCUT2D eigenvalue weighted by Gasteiger charge is -2.39. The number of nitro groups is 1. The summed E-state index contributed by atoms with van der Waals surface area (Å²) in [6.07, 6.45) is 11.0. The Morgan fingerprint density at radius 3 is 2.42 bits per heavy atom. The highest BCUT2D eigenvalue weighted by Crippen LogP contribution is 2.36. The molecule has 2 unspecified atom stereocenters. The third-order valence-electron chi connectivity index (χ3n) is 8.29. The number of alkyl carbamates (subject to hydrolysis) is 1. The summed E-state index contributed by atoms with van der Waals surface area (Å²) in [7, 11) is 1.70. The van der Waals surface area contributed by atoms with Gasteiger partial charge in [0, 0.05) is 45.9 Å². The maximum Gasteiger partial charge on any atom is 0.407 e. The van der Waals surface area contributed by atoms with E-state index in [2.05, 4.69) is 22.3 Å². The molecule has 1 aliphatic carbocycles. The first-order valence-electron chi connectivity index (χ1n) is 16.4. The highest BCUT2D eigenvalue weighted by Gasteiger charge is 2.32. The number of nitrogens with zero attached hydrogens (tertiary/aromatic N) is 2. The number of carbonyl (C=O) groups excluding carboxylic acids is 1. The van der Waals surface area contributed by atoms with Gasteiger partial charge in [0.2, 0.25) is 0 Å². The van der Waals surface area contributed by atoms with Gasteiger partial charge in [0.05, 0.1) is 22.1 Å². The molecular weight excluding hydrogens is 617 g/mol. The molecule has 256 valence electrons. The molecule has 1 aromatic carbocycles. The predicted molar refractivity (Wildman–Crippen MR) is 181 cm³/mol. The minimum atomic E-state index is -0.580. The Balaban J connectivity index is 0.00000226. The molecule has 2 fully saturated rings. The molecule has 11 heteroatoms. The van der Waals surface area contributed by atoms with Gasteiger partial charge in [-0.3, -0.25) is 10.1 Å². The number of nitrogens with one attached hydrogen (secondary N) is 1. The predicted octanol–water partition coefficient (Wildman–Crippen LogP) is 8.53. The van der Waals surface area contributed by atoms with Crippen LogP contribution in [0.3, 0.4) is 0 Å². The number of hydrogen-bond acceptors (Lipinski definition) is 7. The first kappa shape index (κ1) is 39.1. The normalized spacial score (nSPS) is 19.2. The van der Waals surface area contributed by atoms with Crippen LogP contribution in [0.15, 0.2) is 42.2 Å². The Morgan fingerprint density at radius 2 is 1.80 bits per heavy atom. The Bertz CT molecular complexity index is 1000. The average molecular weight is 673 g/mol. The van der Waals surface area contributed by atoms with Crippen molar-refractivity contribution < 1.29 is 23.9 Å². The number of hydrogen-bond donors (Lipinski definition) is 1. The highest BCUT2D eigenvalue weighted by molar-refractivity contribution is 6.40. The fourth-order valence-electron chi connectivity index (χ4n) is 6.43. The molecule has 45 heavy (non-hydrogen) atoms. The fourth-order valence-corrected chi connectivity index (χ4v) is 6.43. The van der Waals surface area contributed by atoms with Gasteiger partial charge in [-0.05, 0) is 70.3 Å². The van der Waals surface area contributed by atoms with Crippen LogP contribution in [-0.4, -0.2) is 66.8 Å². The van der Waals surface area contributed by atoms with Crippen molar-refractivity contribution in [3.63, 3.8) is 0 Å². The van der Waals surface area contributed by atoms with Crippen LogP contribution in [0.25, 0.3) is 0 Å².